The molecule has 0 aromatic carbocycles. The Balaban J connectivity index is 3.03. The molecule has 1 radical (unpaired) electrons. The van der Waals surface area contributed by atoms with E-state index in [0.29, 0.717) is 0 Å². The largest absolute Gasteiger partial charge is 0.416 e. The Bertz CT molecular complexity index is 278. The van der Waals surface area contributed by atoms with E-state index in [2.05, 4.69) is 6.92 Å². The van der Waals surface area contributed by atoms with Gasteiger partial charge in [-0.15, -0.1) is 0 Å². The van der Waals surface area contributed by atoms with Gasteiger partial charge in [-0.1, -0.05) is 18.2 Å². The minimum Gasteiger partial charge on any atom is -0.166 e. The van der Waals surface area contributed by atoms with Gasteiger partial charge >= 0.3 is 6.18 Å². The summed E-state index contributed by atoms with van der Waals surface area (Å²) in [6.45, 7) is 5.59. The van der Waals surface area contributed by atoms with Crippen molar-refractivity contribution in [3.63, 3.8) is 0 Å². The Labute approximate surface area is 86.3 Å². The molecular formula is C10H12F3S. The number of thioether (sulfide) groups is 1. The molecule has 2 atom stereocenters. The van der Waals surface area contributed by atoms with E-state index in [0.717, 1.165) is 6.08 Å². The number of alkyl halides is 3. The van der Waals surface area contributed by atoms with Gasteiger partial charge in [0.2, 0.25) is 0 Å². The maximum absolute atomic E-state index is 12.4. The van der Waals surface area contributed by atoms with Gasteiger partial charge in [-0.3, -0.25) is 0 Å². The molecule has 0 aromatic rings. The lowest BCUT2D eigenvalue weighted by Gasteiger charge is -2.33. The molecule has 0 saturated carbocycles. The molecule has 0 heterocycles. The first kappa shape index (κ1) is 11.7. The van der Waals surface area contributed by atoms with Crippen LogP contribution in [0.5, 0.6) is 0 Å². The zero-order valence-corrected chi connectivity index (χ0v) is 8.88. The van der Waals surface area contributed by atoms with Crippen molar-refractivity contribution in [2.75, 3.05) is 6.26 Å². The van der Waals surface area contributed by atoms with Gasteiger partial charge < -0.3 is 0 Å². The lowest BCUT2D eigenvalue weighted by atomic mass is 9.87. The van der Waals surface area contributed by atoms with E-state index in [1.807, 2.05) is 0 Å². The van der Waals surface area contributed by atoms with Crippen LogP contribution in [0.3, 0.4) is 0 Å². The maximum Gasteiger partial charge on any atom is 0.416 e. The third-order valence-electron chi connectivity index (χ3n) is 2.45. The summed E-state index contributed by atoms with van der Waals surface area (Å²) in [6.07, 6.45) is 1.42. The van der Waals surface area contributed by atoms with Crippen molar-refractivity contribution in [1.82, 2.24) is 0 Å². The van der Waals surface area contributed by atoms with Crippen LogP contribution in [0.1, 0.15) is 6.92 Å². The fraction of sp³-hybridized carbons (Fsp3) is 0.500. The van der Waals surface area contributed by atoms with Crippen LogP contribution in [0.4, 0.5) is 13.2 Å². The van der Waals surface area contributed by atoms with Crippen molar-refractivity contribution >= 4 is 11.8 Å². The molecule has 1 rings (SSSR count). The zero-order chi connectivity index (χ0) is 11.0. The van der Waals surface area contributed by atoms with Gasteiger partial charge in [-0.2, -0.15) is 24.9 Å². The van der Waals surface area contributed by atoms with Gasteiger partial charge in [-0.05, 0) is 26.0 Å². The van der Waals surface area contributed by atoms with E-state index in [1.165, 1.54) is 23.9 Å². The van der Waals surface area contributed by atoms with Crippen LogP contribution < -0.4 is 0 Å². The van der Waals surface area contributed by atoms with Crippen molar-refractivity contribution in [2.45, 2.75) is 17.8 Å². The van der Waals surface area contributed by atoms with Gasteiger partial charge in [0.25, 0.3) is 0 Å². The molecule has 0 nitrogen and oxygen atoms in total. The lowest BCUT2D eigenvalue weighted by molar-refractivity contribution is -0.0888. The van der Waals surface area contributed by atoms with Gasteiger partial charge in [0.05, 0.1) is 5.57 Å². The topological polar surface area (TPSA) is 0 Å². The lowest BCUT2D eigenvalue weighted by Crippen LogP contribution is -2.30. The molecule has 0 fully saturated rings. The second-order valence-electron chi connectivity index (χ2n) is 3.45. The quantitative estimate of drug-likeness (QED) is 0.651. The normalized spacial score (nSPS) is 33.0. The summed E-state index contributed by atoms with van der Waals surface area (Å²) in [7, 11) is 0. The average Bonchev–Trinajstić information content (AvgIpc) is 2.08. The molecule has 1 aliphatic rings. The molecule has 1 aliphatic carbocycles. The Hall–Kier alpha value is -0.380. The van der Waals surface area contributed by atoms with Crippen LogP contribution in [0, 0.1) is 12.8 Å². The Morgan fingerprint density at radius 1 is 1.50 bits per heavy atom. The van der Waals surface area contributed by atoms with Crippen molar-refractivity contribution in [3.8, 4) is 0 Å². The highest BCUT2D eigenvalue weighted by Gasteiger charge is 2.38. The summed E-state index contributed by atoms with van der Waals surface area (Å²) in [4.78, 5) is 0. The minimum absolute atomic E-state index is 0.122. The van der Waals surface area contributed by atoms with Crippen molar-refractivity contribution in [2.24, 2.45) is 5.92 Å². The predicted octanol–water partition coefficient (Wildman–Crippen LogP) is 3.62. The van der Waals surface area contributed by atoms with E-state index in [-0.39, 0.29) is 5.92 Å². The highest BCUT2D eigenvalue weighted by Crippen LogP contribution is 2.41. The van der Waals surface area contributed by atoms with E-state index < -0.39 is 16.5 Å². The van der Waals surface area contributed by atoms with Gasteiger partial charge in [0, 0.05) is 4.75 Å². The maximum atomic E-state index is 12.4. The summed E-state index contributed by atoms with van der Waals surface area (Å²) in [5.41, 5.74) is -0.575. The van der Waals surface area contributed by atoms with Crippen LogP contribution in [0.15, 0.2) is 23.8 Å². The first-order valence-electron chi connectivity index (χ1n) is 4.16. The monoisotopic (exact) mass is 221 g/mol. The first-order valence-corrected chi connectivity index (χ1v) is 5.38. The number of hydrogen-bond donors (Lipinski definition) is 0. The third-order valence-corrected chi connectivity index (χ3v) is 3.75. The molecule has 0 aliphatic heterocycles. The molecular weight excluding hydrogens is 209 g/mol. The minimum atomic E-state index is -4.26. The standard InChI is InChI=1S/C10H12F3S/c1-7-4-5-8(10(11,12)13)6-9(7,2)14-3/h4-7H,1H2,2-3H3. The summed E-state index contributed by atoms with van der Waals surface area (Å²) in [5, 5.41) is 0. The molecule has 0 aromatic heterocycles. The van der Waals surface area contributed by atoms with Crippen LogP contribution in [0.25, 0.3) is 0 Å². The molecule has 14 heavy (non-hydrogen) atoms. The van der Waals surface area contributed by atoms with Crippen molar-refractivity contribution in [3.05, 3.63) is 30.7 Å². The number of rotatable bonds is 1. The highest BCUT2D eigenvalue weighted by molar-refractivity contribution is 8.00. The van der Waals surface area contributed by atoms with Gasteiger partial charge in [0.1, 0.15) is 0 Å². The molecule has 0 bridgehead atoms. The second kappa shape index (κ2) is 3.65. The van der Waals surface area contributed by atoms with E-state index in [1.54, 1.807) is 13.2 Å². The fourth-order valence-electron chi connectivity index (χ4n) is 1.26. The van der Waals surface area contributed by atoms with Crippen LogP contribution in [-0.2, 0) is 0 Å². The Morgan fingerprint density at radius 2 is 2.07 bits per heavy atom. The summed E-state index contributed by atoms with van der Waals surface area (Å²) < 4.78 is 36.6. The molecule has 0 saturated heterocycles. The van der Waals surface area contributed by atoms with Crippen molar-refractivity contribution < 1.29 is 13.2 Å². The van der Waals surface area contributed by atoms with E-state index in [9.17, 15) is 13.2 Å². The SMILES string of the molecule is [CH2]C1C=CC(C(F)(F)F)=CC1(C)SC. The molecule has 0 N–H and O–H groups in total. The second-order valence-corrected chi connectivity index (χ2v) is 4.74. The fourth-order valence-corrected chi connectivity index (χ4v) is 1.89. The molecule has 0 spiro atoms. The predicted molar refractivity (Wildman–Crippen MR) is 54.0 cm³/mol. The number of allylic oxidation sites excluding steroid dienone is 3. The number of hydrogen-bond acceptors (Lipinski definition) is 1. The Morgan fingerprint density at radius 3 is 2.50 bits per heavy atom. The van der Waals surface area contributed by atoms with Crippen LogP contribution in [0.2, 0.25) is 0 Å². The number of halogens is 3. The van der Waals surface area contributed by atoms with Crippen molar-refractivity contribution in [1.29, 1.82) is 0 Å². The zero-order valence-electron chi connectivity index (χ0n) is 8.06. The van der Waals surface area contributed by atoms with Crippen LogP contribution in [-0.4, -0.2) is 17.2 Å². The first-order chi connectivity index (χ1) is 6.29. The summed E-state index contributed by atoms with van der Waals surface area (Å²) >= 11 is 1.39. The summed E-state index contributed by atoms with van der Waals surface area (Å²) in [6, 6.07) is 0. The smallest absolute Gasteiger partial charge is 0.166 e. The molecule has 4 heteroatoms. The average molecular weight is 221 g/mol. The Kier molecular flexibility index (Phi) is 3.04. The van der Waals surface area contributed by atoms with Crippen LogP contribution >= 0.6 is 11.8 Å². The summed E-state index contributed by atoms with van der Waals surface area (Å²) in [5.74, 6) is -0.122. The van der Waals surface area contributed by atoms with E-state index >= 15 is 0 Å². The highest BCUT2D eigenvalue weighted by atomic mass is 32.2. The third kappa shape index (κ3) is 2.16. The molecule has 0 amide bonds. The van der Waals surface area contributed by atoms with Gasteiger partial charge in [0.15, 0.2) is 0 Å². The molecule has 79 valence electrons. The molecule has 2 unspecified atom stereocenters. The van der Waals surface area contributed by atoms with E-state index in [4.69, 9.17) is 0 Å². The van der Waals surface area contributed by atoms with Gasteiger partial charge in [-0.25, -0.2) is 0 Å².